The van der Waals surface area contributed by atoms with Gasteiger partial charge < -0.3 is 9.45 Å². The third kappa shape index (κ3) is 8.02. The lowest BCUT2D eigenvalue weighted by atomic mass is 9.89. The van der Waals surface area contributed by atoms with Crippen LogP contribution in [0.5, 0.6) is 0 Å². The van der Waals surface area contributed by atoms with Crippen LogP contribution in [0.3, 0.4) is 0 Å². The molecule has 1 amide bonds. The largest absolute Gasteiger partial charge is 0.772 e. The average molecular weight is 664 g/mol. The van der Waals surface area contributed by atoms with Gasteiger partial charge in [0.1, 0.15) is 4.90 Å². The highest BCUT2D eigenvalue weighted by atomic mass is 32.2. The van der Waals surface area contributed by atoms with Gasteiger partial charge in [-0.05, 0) is 84.1 Å². The quantitative estimate of drug-likeness (QED) is 0.255. The van der Waals surface area contributed by atoms with E-state index in [1.807, 2.05) is 0 Å². The lowest BCUT2D eigenvalue weighted by Gasteiger charge is -2.34. The SMILES string of the molecule is Cc1nnn(Cc2cc(C(F)(F)F)ccc2CCC(=O)N2CCC(CC(c3ccc(S(N)(=O)=O)c(F)c3F)S(=O)[O-])CC2)n1. The Hall–Kier alpha value is -3.35. The minimum absolute atomic E-state index is 0.000927. The van der Waals surface area contributed by atoms with Crippen LogP contribution >= 0.6 is 0 Å². The van der Waals surface area contributed by atoms with Gasteiger partial charge in [-0.3, -0.25) is 9.00 Å². The molecule has 0 radical (unpaired) electrons. The maximum Gasteiger partial charge on any atom is 0.416 e. The highest BCUT2D eigenvalue weighted by Gasteiger charge is 2.32. The smallest absolute Gasteiger partial charge is 0.416 e. The molecule has 18 heteroatoms. The van der Waals surface area contributed by atoms with Crippen molar-refractivity contribution >= 4 is 27.0 Å². The van der Waals surface area contributed by atoms with Gasteiger partial charge in [0.05, 0.1) is 12.1 Å². The summed E-state index contributed by atoms with van der Waals surface area (Å²) in [6.07, 6.45) is -3.78. The van der Waals surface area contributed by atoms with Crippen molar-refractivity contribution in [1.29, 1.82) is 0 Å². The Kier molecular flexibility index (Phi) is 10.2. The number of amides is 1. The third-order valence-corrected chi connectivity index (χ3v) is 9.32. The Morgan fingerprint density at radius 1 is 1.14 bits per heavy atom. The fraction of sp³-hybridized carbons (Fsp3) is 0.462. The van der Waals surface area contributed by atoms with Crippen molar-refractivity contribution in [3.8, 4) is 0 Å². The Labute approximate surface area is 251 Å². The molecular weight excluding hydrogens is 635 g/mol. The topological polar surface area (TPSA) is 164 Å². The first kappa shape index (κ1) is 33.5. The number of hydrogen-bond donors (Lipinski definition) is 1. The van der Waals surface area contributed by atoms with E-state index in [9.17, 15) is 43.9 Å². The number of tetrazole rings is 1. The summed E-state index contributed by atoms with van der Waals surface area (Å²) in [6.45, 7) is 2.03. The number of halogens is 5. The van der Waals surface area contributed by atoms with Gasteiger partial charge in [-0.2, -0.15) is 18.0 Å². The molecule has 44 heavy (non-hydrogen) atoms. The van der Waals surface area contributed by atoms with E-state index in [0.29, 0.717) is 29.8 Å². The summed E-state index contributed by atoms with van der Waals surface area (Å²) in [7, 11) is -4.57. The number of hydrogen-bond acceptors (Lipinski definition) is 8. The van der Waals surface area contributed by atoms with Gasteiger partial charge in [-0.15, -0.1) is 10.2 Å². The molecule has 1 fully saturated rings. The molecule has 240 valence electrons. The molecular formula is C26H28F5N6O5S2-. The molecule has 1 saturated heterocycles. The standard InChI is InChI=1S/C26H29F5N6O5S2/c1-15-33-35-37(34-15)14-18-13-19(26(29,30)31)4-2-17(18)3-7-23(38)36-10-8-16(9-11-36)12-21(43(39)40)20-5-6-22(44(32,41)42)25(28)24(20)27/h2,4-6,13,16,21H,3,7-12,14H2,1H3,(H,39,40)(H2,32,41,42)/p-1. The van der Waals surface area contributed by atoms with Gasteiger partial charge in [0, 0.05) is 30.3 Å². The first-order valence-electron chi connectivity index (χ1n) is 13.3. The van der Waals surface area contributed by atoms with E-state index in [-0.39, 0.29) is 50.7 Å². The minimum atomic E-state index is -4.57. The Balaban J connectivity index is 1.38. The maximum atomic E-state index is 14.7. The zero-order valence-electron chi connectivity index (χ0n) is 23.3. The second-order valence-electron chi connectivity index (χ2n) is 10.5. The van der Waals surface area contributed by atoms with E-state index >= 15 is 0 Å². The summed E-state index contributed by atoms with van der Waals surface area (Å²) < 4.78 is 116. The fourth-order valence-corrected chi connectivity index (χ4v) is 6.60. The van der Waals surface area contributed by atoms with Crippen molar-refractivity contribution in [3.05, 3.63) is 70.0 Å². The van der Waals surface area contributed by atoms with Crippen LogP contribution in [0.15, 0.2) is 35.2 Å². The van der Waals surface area contributed by atoms with Gasteiger partial charge in [0.15, 0.2) is 17.5 Å². The number of benzene rings is 2. The van der Waals surface area contributed by atoms with Crippen molar-refractivity contribution in [3.63, 3.8) is 0 Å². The van der Waals surface area contributed by atoms with E-state index in [0.717, 1.165) is 29.1 Å². The first-order chi connectivity index (χ1) is 20.5. The molecule has 2 unspecified atom stereocenters. The Bertz CT molecular complexity index is 1660. The molecule has 0 saturated carbocycles. The Morgan fingerprint density at radius 3 is 2.39 bits per heavy atom. The molecule has 3 aromatic rings. The van der Waals surface area contributed by atoms with Crippen LogP contribution in [0, 0.1) is 24.5 Å². The van der Waals surface area contributed by atoms with E-state index in [4.69, 9.17) is 5.14 Å². The van der Waals surface area contributed by atoms with Crippen molar-refractivity contribution in [1.82, 2.24) is 25.1 Å². The van der Waals surface area contributed by atoms with Gasteiger partial charge in [0.2, 0.25) is 15.9 Å². The summed E-state index contributed by atoms with van der Waals surface area (Å²) in [4.78, 5) is 14.6. The van der Waals surface area contributed by atoms with Crippen LogP contribution in [0.1, 0.15) is 59.0 Å². The zero-order chi connectivity index (χ0) is 32.4. The molecule has 4 rings (SSSR count). The van der Waals surface area contributed by atoms with Crippen LogP contribution in [0.25, 0.3) is 0 Å². The number of nitrogens with zero attached hydrogens (tertiary/aromatic N) is 5. The van der Waals surface area contributed by atoms with Gasteiger partial charge >= 0.3 is 6.18 Å². The van der Waals surface area contributed by atoms with Crippen molar-refractivity contribution in [2.75, 3.05) is 13.1 Å². The number of primary sulfonamides is 1. The molecule has 0 bridgehead atoms. The number of likely N-dealkylation sites (tertiary alicyclic amines) is 1. The number of carbonyl (C=O) groups is 1. The number of sulfonamides is 1. The molecule has 1 aromatic heterocycles. The number of nitrogens with two attached hydrogens (primary N) is 1. The number of piperidine rings is 1. The summed E-state index contributed by atoms with van der Waals surface area (Å²) >= 11 is -2.87. The minimum Gasteiger partial charge on any atom is -0.772 e. The number of alkyl halides is 3. The monoisotopic (exact) mass is 663 g/mol. The van der Waals surface area contributed by atoms with Gasteiger partial charge in [-0.25, -0.2) is 22.3 Å². The predicted octanol–water partition coefficient (Wildman–Crippen LogP) is 3.16. The van der Waals surface area contributed by atoms with Crippen LogP contribution in [0.2, 0.25) is 0 Å². The number of rotatable bonds is 10. The van der Waals surface area contributed by atoms with Crippen LogP contribution in [-0.4, -0.2) is 61.3 Å². The molecule has 2 heterocycles. The van der Waals surface area contributed by atoms with E-state index in [1.54, 1.807) is 11.8 Å². The average Bonchev–Trinajstić information content (AvgIpc) is 3.35. The molecule has 1 aliphatic rings. The second-order valence-corrected chi connectivity index (χ2v) is 13.1. The van der Waals surface area contributed by atoms with Gasteiger partial charge in [-0.1, -0.05) is 12.1 Å². The predicted molar refractivity (Wildman–Crippen MR) is 145 cm³/mol. The number of aromatic nitrogens is 4. The maximum absolute atomic E-state index is 14.7. The zero-order valence-corrected chi connectivity index (χ0v) is 24.9. The molecule has 1 aliphatic heterocycles. The summed E-state index contributed by atoms with van der Waals surface area (Å²) in [5.74, 6) is -3.55. The summed E-state index contributed by atoms with van der Waals surface area (Å²) in [6, 6.07) is 4.87. The normalized spacial score (nSPS) is 16.2. The van der Waals surface area contributed by atoms with Gasteiger partial charge in [0.25, 0.3) is 0 Å². The summed E-state index contributed by atoms with van der Waals surface area (Å²) in [5.41, 5.74) is -0.562. The molecule has 11 nitrogen and oxygen atoms in total. The molecule has 2 aromatic carbocycles. The summed E-state index contributed by atoms with van der Waals surface area (Å²) in [5, 5.41) is 15.0. The van der Waals surface area contributed by atoms with Crippen LogP contribution in [-0.2, 0) is 45.0 Å². The van der Waals surface area contributed by atoms with E-state index < -0.39 is 60.2 Å². The third-order valence-electron chi connectivity index (χ3n) is 7.48. The number of carbonyl (C=O) groups excluding carboxylic acids is 1. The lowest BCUT2D eigenvalue weighted by molar-refractivity contribution is -0.137. The van der Waals surface area contributed by atoms with E-state index in [2.05, 4.69) is 15.4 Å². The van der Waals surface area contributed by atoms with Crippen LogP contribution in [0.4, 0.5) is 22.0 Å². The number of aryl methyl sites for hydroxylation is 2. The molecule has 0 aliphatic carbocycles. The highest BCUT2D eigenvalue weighted by Crippen LogP contribution is 2.35. The van der Waals surface area contributed by atoms with E-state index in [1.165, 1.54) is 6.07 Å². The second kappa shape index (κ2) is 13.3. The molecule has 2 atom stereocenters. The van der Waals surface area contributed by atoms with Crippen molar-refractivity contribution in [2.24, 2.45) is 11.1 Å². The Morgan fingerprint density at radius 2 is 1.82 bits per heavy atom. The van der Waals surface area contributed by atoms with Crippen molar-refractivity contribution < 1.29 is 43.9 Å². The lowest BCUT2D eigenvalue weighted by Crippen LogP contribution is -2.39. The highest BCUT2D eigenvalue weighted by molar-refractivity contribution is 7.89. The fourth-order valence-electron chi connectivity index (χ4n) is 5.18. The van der Waals surface area contributed by atoms with Crippen molar-refractivity contribution in [2.45, 2.75) is 61.9 Å². The first-order valence-corrected chi connectivity index (χ1v) is 16.0. The van der Waals surface area contributed by atoms with Crippen LogP contribution < -0.4 is 5.14 Å². The molecule has 2 N–H and O–H groups in total. The molecule has 0 spiro atoms.